The van der Waals surface area contributed by atoms with E-state index in [1.807, 2.05) is 36.4 Å². The summed E-state index contributed by atoms with van der Waals surface area (Å²) in [6, 6.07) is 14.0. The zero-order chi connectivity index (χ0) is 58.9. The molecule has 2 aromatic rings. The third-order valence-corrected chi connectivity index (χ3v) is 12.5. The molecule has 0 amide bonds. The lowest BCUT2D eigenvalue weighted by molar-refractivity contribution is -0.472. The first-order chi connectivity index (χ1) is 41.0. The standard InChI is InChI=1S/C61H96N2O20/c1-65-22-27-73-35-34-72-21-18-63-55(11-8-53-50-56(82-48-46-80-44-40-76-30-25-68-4)13-15-60(53)83-49-47-81-45-41-77-31-26-69-5)12-14-59(63)58-51-57(61(58)64)52-6-9-54(10-7-52)62(16-19-70-32-36-78-42-38-74-28-23-66-2)17-20-71-33-37-79-43-39-75-29-24-67-3/h6-15,50H,16-49,51H2,1-5H3/p+1/b11-8+. The Morgan fingerprint density at radius 3 is 1.24 bits per heavy atom. The summed E-state index contributed by atoms with van der Waals surface area (Å²) in [7, 11) is 8.23. The molecule has 0 bridgehead atoms. The van der Waals surface area contributed by atoms with E-state index in [-0.39, 0.29) is 5.76 Å². The molecule has 83 heavy (non-hydrogen) atoms. The minimum Gasteiger partial charge on any atom is -0.507 e. The van der Waals surface area contributed by atoms with Crippen LogP contribution >= 0.6 is 0 Å². The van der Waals surface area contributed by atoms with E-state index in [9.17, 15) is 5.11 Å². The fraction of sp³-hybridized carbons (Fsp3) is 0.656. The van der Waals surface area contributed by atoms with Crippen molar-refractivity contribution in [3.05, 3.63) is 88.8 Å². The van der Waals surface area contributed by atoms with Crippen LogP contribution in [0.2, 0.25) is 0 Å². The molecule has 1 aliphatic heterocycles. The smallest absolute Gasteiger partial charge is 0.213 e. The normalized spacial score (nSPS) is 14.3. The fourth-order valence-electron chi connectivity index (χ4n) is 8.00. The fourth-order valence-corrected chi connectivity index (χ4v) is 8.00. The number of anilines is 1. The van der Waals surface area contributed by atoms with Gasteiger partial charge < -0.3 is 100 Å². The van der Waals surface area contributed by atoms with Crippen molar-refractivity contribution in [3.8, 4) is 11.5 Å². The van der Waals surface area contributed by atoms with Crippen LogP contribution in [0.3, 0.4) is 0 Å². The molecule has 0 atom stereocenters. The van der Waals surface area contributed by atoms with Gasteiger partial charge in [-0.15, -0.1) is 0 Å². The topological polar surface area (TPSA) is 202 Å². The van der Waals surface area contributed by atoms with Gasteiger partial charge in [0.2, 0.25) is 11.4 Å². The van der Waals surface area contributed by atoms with Crippen LogP contribution in [-0.4, -0.2) is 275 Å². The molecule has 0 radical (unpaired) electrons. The van der Waals surface area contributed by atoms with Gasteiger partial charge in [-0.2, -0.15) is 4.58 Å². The molecule has 1 aliphatic carbocycles. The van der Waals surface area contributed by atoms with Gasteiger partial charge in [0.25, 0.3) is 0 Å². The predicted molar refractivity (Wildman–Crippen MR) is 315 cm³/mol. The summed E-state index contributed by atoms with van der Waals surface area (Å²) in [6.07, 6.45) is 8.72. The summed E-state index contributed by atoms with van der Waals surface area (Å²) in [5.74, 6) is 1.59. The molecule has 2 aliphatic rings. The second-order valence-electron chi connectivity index (χ2n) is 18.4. The number of benzene rings is 2. The van der Waals surface area contributed by atoms with E-state index >= 15 is 0 Å². The van der Waals surface area contributed by atoms with E-state index < -0.39 is 0 Å². The van der Waals surface area contributed by atoms with Gasteiger partial charge in [0.05, 0.1) is 191 Å². The minimum absolute atomic E-state index is 0.262. The number of rotatable bonds is 57. The quantitative estimate of drug-likeness (QED) is 0.0656. The number of aliphatic hydroxyl groups excluding tert-OH is 1. The highest BCUT2D eigenvalue weighted by Gasteiger charge is 2.34. The van der Waals surface area contributed by atoms with Crippen LogP contribution in [0.15, 0.2) is 77.7 Å². The summed E-state index contributed by atoms with van der Waals surface area (Å²) in [5.41, 5.74) is 6.29. The van der Waals surface area contributed by atoms with Gasteiger partial charge >= 0.3 is 0 Å². The van der Waals surface area contributed by atoms with Gasteiger partial charge in [0.1, 0.15) is 37.1 Å². The van der Waals surface area contributed by atoms with E-state index in [0.717, 1.165) is 39.4 Å². The maximum atomic E-state index is 11.9. The first-order valence-electron chi connectivity index (χ1n) is 28.8. The molecule has 22 heteroatoms. The highest BCUT2D eigenvalue weighted by atomic mass is 16.6. The zero-order valence-corrected chi connectivity index (χ0v) is 50.2. The van der Waals surface area contributed by atoms with Gasteiger partial charge in [0.15, 0.2) is 6.54 Å². The highest BCUT2D eigenvalue weighted by Crippen LogP contribution is 2.42. The second-order valence-corrected chi connectivity index (χ2v) is 18.4. The van der Waals surface area contributed by atoms with Crippen molar-refractivity contribution in [2.75, 3.05) is 265 Å². The highest BCUT2D eigenvalue weighted by molar-refractivity contribution is 6.05. The van der Waals surface area contributed by atoms with Crippen LogP contribution in [0.25, 0.3) is 11.6 Å². The van der Waals surface area contributed by atoms with Crippen molar-refractivity contribution in [3.63, 3.8) is 0 Å². The van der Waals surface area contributed by atoms with Crippen LogP contribution in [-0.2, 0) is 80.5 Å². The summed E-state index contributed by atoms with van der Waals surface area (Å²) in [6.45, 7) is 16.6. The molecule has 0 fully saturated rings. The predicted octanol–water partition coefficient (Wildman–Crippen LogP) is 5.35. The summed E-state index contributed by atoms with van der Waals surface area (Å²) >= 11 is 0. The van der Waals surface area contributed by atoms with Crippen molar-refractivity contribution in [1.82, 2.24) is 0 Å². The molecule has 0 unspecified atom stereocenters. The molecule has 1 heterocycles. The Morgan fingerprint density at radius 1 is 0.410 bits per heavy atom. The van der Waals surface area contributed by atoms with Crippen LogP contribution in [0.1, 0.15) is 17.5 Å². The minimum atomic E-state index is 0.262. The Balaban J connectivity index is 1.48. The summed E-state index contributed by atoms with van der Waals surface area (Å²) in [5, 5.41) is 11.9. The van der Waals surface area contributed by atoms with Gasteiger partial charge in [-0.1, -0.05) is 12.1 Å². The Bertz CT molecular complexity index is 2080. The first-order valence-corrected chi connectivity index (χ1v) is 28.8. The van der Waals surface area contributed by atoms with E-state index in [4.69, 9.17) is 90.0 Å². The van der Waals surface area contributed by atoms with Gasteiger partial charge in [-0.25, -0.2) is 0 Å². The van der Waals surface area contributed by atoms with Gasteiger partial charge in [-0.05, 0) is 42.0 Å². The Hall–Kier alpha value is -4.41. The zero-order valence-electron chi connectivity index (χ0n) is 50.2. The molecule has 4 rings (SSSR count). The van der Waals surface area contributed by atoms with Crippen LogP contribution in [0.4, 0.5) is 5.69 Å². The third kappa shape index (κ3) is 31.5. The number of hydrogen-bond donors (Lipinski definition) is 1. The average molecular weight is 1180 g/mol. The van der Waals surface area contributed by atoms with Crippen molar-refractivity contribution in [2.24, 2.45) is 0 Å². The number of nitrogens with zero attached hydrogens (tertiary/aromatic N) is 2. The van der Waals surface area contributed by atoms with Crippen molar-refractivity contribution >= 4 is 23.0 Å². The van der Waals surface area contributed by atoms with E-state index in [0.29, 0.717) is 242 Å². The lowest BCUT2D eigenvalue weighted by atomic mass is 9.83. The van der Waals surface area contributed by atoms with E-state index in [1.54, 1.807) is 35.5 Å². The van der Waals surface area contributed by atoms with Crippen LogP contribution in [0, 0.1) is 0 Å². The molecule has 0 spiro atoms. The largest absolute Gasteiger partial charge is 0.507 e. The summed E-state index contributed by atoms with van der Waals surface area (Å²) < 4.78 is 108. The maximum absolute atomic E-state index is 11.9. The number of ether oxygens (including phenoxy) is 19. The van der Waals surface area contributed by atoms with Crippen molar-refractivity contribution in [2.45, 2.75) is 6.42 Å². The molecule has 470 valence electrons. The number of hydrogen-bond acceptors (Lipinski definition) is 21. The lowest BCUT2D eigenvalue weighted by Crippen LogP contribution is -2.31. The van der Waals surface area contributed by atoms with E-state index in [1.165, 1.54) is 0 Å². The second kappa shape index (κ2) is 48.8. The molecule has 0 saturated carbocycles. The first kappa shape index (κ1) is 71.1. The SMILES string of the molecule is COCCOCCOCCOCCN(CCOCCOCCOCCOC)c1ccc(C2=C(O)/C(=C3/C=CC(/C=C/c4cc(OCCOCCOCCOC)ccc4OCCOCCOCCOC)=[N+]3CCOCCOCCOC)C2)cc1. The van der Waals surface area contributed by atoms with Gasteiger partial charge in [-0.3, -0.25) is 0 Å². The molecule has 2 aromatic carbocycles. The molecular formula is C61H97N2O20+. The number of allylic oxidation sites excluding steroid dienone is 5. The third-order valence-electron chi connectivity index (χ3n) is 12.5. The Kier molecular flexibility index (Phi) is 41.8. The van der Waals surface area contributed by atoms with Crippen LogP contribution in [0.5, 0.6) is 11.5 Å². The monoisotopic (exact) mass is 1180 g/mol. The van der Waals surface area contributed by atoms with E-state index in [2.05, 4.69) is 39.8 Å². The molecule has 0 aromatic heterocycles. The Labute approximate surface area is 492 Å². The molecule has 22 nitrogen and oxygen atoms in total. The van der Waals surface area contributed by atoms with Crippen molar-refractivity contribution < 1.29 is 99.7 Å². The molecule has 1 N–H and O–H groups in total. The van der Waals surface area contributed by atoms with Gasteiger partial charge in [0, 0.05) is 90.1 Å². The lowest BCUT2D eigenvalue weighted by Gasteiger charge is -2.26. The van der Waals surface area contributed by atoms with Crippen LogP contribution < -0.4 is 14.4 Å². The Morgan fingerprint density at radius 2 is 0.807 bits per heavy atom. The average Bonchev–Trinajstić information content (AvgIpc) is 3.29. The number of aliphatic hydroxyl groups is 1. The maximum Gasteiger partial charge on any atom is 0.213 e. The molecule has 0 saturated heterocycles. The molecular weight excluding hydrogens is 1080 g/mol. The van der Waals surface area contributed by atoms with Crippen molar-refractivity contribution in [1.29, 1.82) is 0 Å². The number of methoxy groups -OCH3 is 5. The summed E-state index contributed by atoms with van der Waals surface area (Å²) in [4.78, 5) is 2.23.